The van der Waals surface area contributed by atoms with Gasteiger partial charge in [-0.3, -0.25) is 0 Å². The van der Waals surface area contributed by atoms with Crippen molar-refractivity contribution in [2.24, 2.45) is 0 Å². The zero-order valence-corrected chi connectivity index (χ0v) is 9.78. The van der Waals surface area contributed by atoms with Crippen LogP contribution < -0.4 is 0 Å². The van der Waals surface area contributed by atoms with Crippen molar-refractivity contribution in [2.75, 3.05) is 0 Å². The quantitative estimate of drug-likeness (QED) is 0.880. The maximum atomic E-state index is 12.6. The monoisotopic (exact) mass is 264 g/mol. The minimum absolute atomic E-state index is 0.286. The SMILES string of the molecule is OC1(CCc2ccc(Cl)c(C(F)(F)F)c2)CC1. The molecular weight excluding hydrogens is 253 g/mol. The fourth-order valence-electron chi connectivity index (χ4n) is 1.72. The predicted octanol–water partition coefficient (Wildman–Crippen LogP) is 3.82. The average Bonchev–Trinajstić information content (AvgIpc) is 2.94. The van der Waals surface area contributed by atoms with Crippen LogP contribution in [0, 0.1) is 0 Å². The van der Waals surface area contributed by atoms with Gasteiger partial charge in [-0.15, -0.1) is 0 Å². The van der Waals surface area contributed by atoms with Gasteiger partial charge >= 0.3 is 6.18 Å². The third kappa shape index (κ3) is 3.13. The number of aliphatic hydroxyl groups is 1. The molecule has 0 atom stereocenters. The molecular formula is C12H12ClF3O. The summed E-state index contributed by atoms with van der Waals surface area (Å²) in [7, 11) is 0. The van der Waals surface area contributed by atoms with Crippen LogP contribution in [0.3, 0.4) is 0 Å². The summed E-state index contributed by atoms with van der Waals surface area (Å²) in [6.07, 6.45) is -1.99. The van der Waals surface area contributed by atoms with Gasteiger partial charge in [-0.1, -0.05) is 17.7 Å². The van der Waals surface area contributed by atoms with Gasteiger partial charge in [-0.05, 0) is 43.4 Å². The van der Waals surface area contributed by atoms with E-state index in [0.717, 1.165) is 18.9 Å². The van der Waals surface area contributed by atoms with E-state index in [1.54, 1.807) is 6.07 Å². The first kappa shape index (κ1) is 12.7. The molecule has 0 aliphatic heterocycles. The summed E-state index contributed by atoms with van der Waals surface area (Å²) in [6.45, 7) is 0. The molecule has 0 saturated heterocycles. The van der Waals surface area contributed by atoms with E-state index in [9.17, 15) is 18.3 Å². The molecule has 0 amide bonds. The van der Waals surface area contributed by atoms with Crippen LogP contribution in [0.1, 0.15) is 30.4 Å². The molecule has 1 aliphatic carbocycles. The molecule has 0 heterocycles. The lowest BCUT2D eigenvalue weighted by atomic mass is 10.0. The second-order valence-electron chi connectivity index (χ2n) is 4.54. The molecule has 0 spiro atoms. The molecule has 1 nitrogen and oxygen atoms in total. The maximum absolute atomic E-state index is 12.6. The summed E-state index contributed by atoms with van der Waals surface area (Å²) >= 11 is 5.51. The summed E-state index contributed by atoms with van der Waals surface area (Å²) < 4.78 is 37.7. The lowest BCUT2D eigenvalue weighted by molar-refractivity contribution is -0.137. The lowest BCUT2D eigenvalue weighted by Crippen LogP contribution is -2.09. The van der Waals surface area contributed by atoms with Gasteiger partial charge in [0.05, 0.1) is 16.2 Å². The van der Waals surface area contributed by atoms with Crippen molar-refractivity contribution in [3.63, 3.8) is 0 Å². The van der Waals surface area contributed by atoms with Crippen molar-refractivity contribution in [1.82, 2.24) is 0 Å². The first-order chi connectivity index (χ1) is 7.80. The highest BCUT2D eigenvalue weighted by atomic mass is 35.5. The normalized spacial score (nSPS) is 18.2. The number of halogens is 4. The molecule has 1 aromatic carbocycles. The first-order valence-corrected chi connectivity index (χ1v) is 5.76. The molecule has 1 N–H and O–H groups in total. The Bertz CT molecular complexity index is 424. The van der Waals surface area contributed by atoms with Crippen molar-refractivity contribution in [3.05, 3.63) is 34.3 Å². The van der Waals surface area contributed by atoms with E-state index in [4.69, 9.17) is 11.6 Å². The fourth-order valence-corrected chi connectivity index (χ4v) is 1.94. The summed E-state index contributed by atoms with van der Waals surface area (Å²) in [5.74, 6) is 0. The number of rotatable bonds is 3. The maximum Gasteiger partial charge on any atom is 0.417 e. The Kier molecular flexibility index (Phi) is 3.12. The molecule has 1 aromatic rings. The molecule has 94 valence electrons. The molecule has 1 aliphatic rings. The van der Waals surface area contributed by atoms with Gasteiger partial charge in [0.1, 0.15) is 0 Å². The van der Waals surface area contributed by atoms with Gasteiger partial charge in [0.25, 0.3) is 0 Å². The smallest absolute Gasteiger partial charge is 0.390 e. The third-order valence-electron chi connectivity index (χ3n) is 3.04. The molecule has 0 unspecified atom stereocenters. The summed E-state index contributed by atoms with van der Waals surface area (Å²) in [6, 6.07) is 3.90. The van der Waals surface area contributed by atoms with Crippen molar-refractivity contribution >= 4 is 11.6 Å². The standard InChI is InChI=1S/C12H12ClF3O/c13-10-2-1-8(3-4-11(17)5-6-11)7-9(10)12(14,15)16/h1-2,7,17H,3-6H2. The van der Waals surface area contributed by atoms with Gasteiger partial charge in [0, 0.05) is 0 Å². The molecule has 17 heavy (non-hydrogen) atoms. The van der Waals surface area contributed by atoms with Crippen LogP contribution in [-0.4, -0.2) is 10.7 Å². The Hall–Kier alpha value is -0.740. The van der Waals surface area contributed by atoms with Crippen molar-refractivity contribution in [1.29, 1.82) is 0 Å². The number of hydrogen-bond donors (Lipinski definition) is 1. The van der Waals surface area contributed by atoms with Crippen LogP contribution in [0.4, 0.5) is 13.2 Å². The Morgan fingerprint density at radius 2 is 1.94 bits per heavy atom. The molecule has 1 saturated carbocycles. The fraction of sp³-hybridized carbons (Fsp3) is 0.500. The van der Waals surface area contributed by atoms with Crippen molar-refractivity contribution in [2.45, 2.75) is 37.5 Å². The van der Waals surface area contributed by atoms with Gasteiger partial charge in [-0.25, -0.2) is 0 Å². The highest BCUT2D eigenvalue weighted by Crippen LogP contribution is 2.40. The largest absolute Gasteiger partial charge is 0.417 e. The molecule has 0 bridgehead atoms. The second-order valence-corrected chi connectivity index (χ2v) is 4.94. The molecule has 2 rings (SSSR count). The van der Waals surface area contributed by atoms with Crippen molar-refractivity contribution in [3.8, 4) is 0 Å². The Labute approximate surface area is 102 Å². The summed E-state index contributed by atoms with van der Waals surface area (Å²) in [4.78, 5) is 0. The highest BCUT2D eigenvalue weighted by Gasteiger charge is 2.39. The van der Waals surface area contributed by atoms with Crippen LogP contribution in [0.5, 0.6) is 0 Å². The Morgan fingerprint density at radius 1 is 1.29 bits per heavy atom. The minimum atomic E-state index is -4.43. The van der Waals surface area contributed by atoms with Gasteiger partial charge in [-0.2, -0.15) is 13.2 Å². The van der Waals surface area contributed by atoms with Gasteiger partial charge in [0.15, 0.2) is 0 Å². The van der Waals surface area contributed by atoms with Crippen molar-refractivity contribution < 1.29 is 18.3 Å². The topological polar surface area (TPSA) is 20.2 Å². The zero-order valence-electron chi connectivity index (χ0n) is 9.02. The van der Waals surface area contributed by atoms with Gasteiger partial charge < -0.3 is 5.11 Å². The van der Waals surface area contributed by atoms with Crippen LogP contribution in [0.15, 0.2) is 18.2 Å². The predicted molar refractivity (Wildman–Crippen MR) is 59.0 cm³/mol. The van der Waals surface area contributed by atoms with Gasteiger partial charge in [0.2, 0.25) is 0 Å². The second kappa shape index (κ2) is 4.18. The molecule has 0 radical (unpaired) electrons. The van der Waals surface area contributed by atoms with E-state index < -0.39 is 17.3 Å². The molecule has 5 heteroatoms. The summed E-state index contributed by atoms with van der Waals surface area (Å²) in [5.41, 5.74) is -0.889. The van der Waals surface area contributed by atoms with Crippen LogP contribution in [0.25, 0.3) is 0 Å². The Balaban J connectivity index is 2.13. The average molecular weight is 265 g/mol. The third-order valence-corrected chi connectivity index (χ3v) is 3.37. The van der Waals surface area contributed by atoms with Crippen LogP contribution in [0.2, 0.25) is 5.02 Å². The Morgan fingerprint density at radius 3 is 2.47 bits per heavy atom. The van der Waals surface area contributed by atoms with E-state index in [-0.39, 0.29) is 5.02 Å². The number of aryl methyl sites for hydroxylation is 1. The highest BCUT2D eigenvalue weighted by molar-refractivity contribution is 6.31. The number of hydrogen-bond acceptors (Lipinski definition) is 1. The van der Waals surface area contributed by atoms with E-state index in [1.165, 1.54) is 6.07 Å². The van der Waals surface area contributed by atoms with E-state index in [2.05, 4.69) is 0 Å². The lowest BCUT2D eigenvalue weighted by Gasteiger charge is -2.12. The molecule has 1 fully saturated rings. The van der Waals surface area contributed by atoms with Crippen LogP contribution in [-0.2, 0) is 12.6 Å². The van der Waals surface area contributed by atoms with E-state index in [0.29, 0.717) is 18.4 Å². The molecule has 0 aromatic heterocycles. The van der Waals surface area contributed by atoms with Crippen LogP contribution >= 0.6 is 11.6 Å². The minimum Gasteiger partial charge on any atom is -0.390 e. The number of alkyl halides is 3. The zero-order chi connectivity index (χ0) is 12.7. The first-order valence-electron chi connectivity index (χ1n) is 5.38. The summed E-state index contributed by atoms with van der Waals surface area (Å²) in [5, 5.41) is 9.34. The number of benzene rings is 1. The van der Waals surface area contributed by atoms with E-state index >= 15 is 0 Å². The van der Waals surface area contributed by atoms with E-state index in [1.807, 2.05) is 0 Å².